The smallest absolute Gasteiger partial charge is 0.157 e. The first kappa shape index (κ1) is 6.44. The average molecular weight is 154 g/mol. The molecule has 0 amide bonds. The zero-order chi connectivity index (χ0) is 7.42. The molecule has 2 nitrogen and oxygen atoms in total. The van der Waals surface area contributed by atoms with E-state index >= 15 is 0 Å². The minimum atomic E-state index is -0.421. The monoisotopic (exact) mass is 154 g/mol. The maximum Gasteiger partial charge on any atom is 0.157 e. The average Bonchev–Trinajstić information content (AvgIpc) is 2.60. The van der Waals surface area contributed by atoms with E-state index in [1.165, 1.54) is 19.3 Å². The summed E-state index contributed by atoms with van der Waals surface area (Å²) in [5.41, 5.74) is 0. The van der Waals surface area contributed by atoms with E-state index in [1.54, 1.807) is 0 Å². The number of fused-ring (bicyclic) bond motifs is 5. The lowest BCUT2D eigenvalue weighted by molar-refractivity contribution is -0.0918. The van der Waals surface area contributed by atoms with E-state index in [1.807, 2.05) is 0 Å². The summed E-state index contributed by atoms with van der Waals surface area (Å²) in [6, 6.07) is 0. The Balaban J connectivity index is 1.91. The molecule has 5 atom stereocenters. The SMILES string of the molecule is OC1OC[C@@H]2[C@@H]3CC[C@@H](C3)[C@H]12. The van der Waals surface area contributed by atoms with Gasteiger partial charge in [0.05, 0.1) is 6.61 Å². The molecule has 2 aliphatic carbocycles. The van der Waals surface area contributed by atoms with Crippen LogP contribution in [-0.2, 0) is 4.74 Å². The number of hydrogen-bond donors (Lipinski definition) is 1. The van der Waals surface area contributed by atoms with Gasteiger partial charge in [-0.2, -0.15) is 0 Å². The number of rotatable bonds is 0. The standard InChI is InChI=1S/C9H14O2/c10-9-8-6-2-1-5(3-6)7(8)4-11-9/h5-10H,1-4H2/t5-,6+,7-,8+,9?/m1/s1. The Morgan fingerprint density at radius 1 is 1.18 bits per heavy atom. The Hall–Kier alpha value is -0.0800. The van der Waals surface area contributed by atoms with E-state index in [0.717, 1.165) is 18.4 Å². The van der Waals surface area contributed by atoms with Crippen molar-refractivity contribution in [1.82, 2.24) is 0 Å². The molecule has 0 aromatic carbocycles. The van der Waals surface area contributed by atoms with Gasteiger partial charge in [-0.1, -0.05) is 0 Å². The molecule has 1 aliphatic heterocycles. The van der Waals surface area contributed by atoms with Gasteiger partial charge in [0.1, 0.15) is 0 Å². The van der Waals surface area contributed by atoms with E-state index in [2.05, 4.69) is 0 Å². The summed E-state index contributed by atoms with van der Waals surface area (Å²) in [6.07, 6.45) is 3.68. The van der Waals surface area contributed by atoms with Crippen molar-refractivity contribution in [2.75, 3.05) is 6.61 Å². The van der Waals surface area contributed by atoms with E-state index < -0.39 is 6.29 Å². The molecule has 1 heterocycles. The van der Waals surface area contributed by atoms with Crippen LogP contribution in [0.3, 0.4) is 0 Å². The predicted octanol–water partition coefficient (Wildman–Crippen LogP) is 0.997. The zero-order valence-corrected chi connectivity index (χ0v) is 6.57. The molecule has 2 saturated carbocycles. The van der Waals surface area contributed by atoms with Gasteiger partial charge in [0, 0.05) is 5.92 Å². The van der Waals surface area contributed by atoms with E-state index in [4.69, 9.17) is 4.74 Å². The van der Waals surface area contributed by atoms with Crippen LogP contribution in [0.4, 0.5) is 0 Å². The van der Waals surface area contributed by atoms with Crippen LogP contribution in [0.25, 0.3) is 0 Å². The van der Waals surface area contributed by atoms with E-state index in [9.17, 15) is 5.11 Å². The van der Waals surface area contributed by atoms with Crippen LogP contribution >= 0.6 is 0 Å². The summed E-state index contributed by atoms with van der Waals surface area (Å²) in [7, 11) is 0. The molecule has 1 saturated heterocycles. The maximum atomic E-state index is 9.50. The fraction of sp³-hybridized carbons (Fsp3) is 1.00. The molecule has 62 valence electrons. The van der Waals surface area contributed by atoms with Crippen molar-refractivity contribution in [2.45, 2.75) is 25.6 Å². The number of ether oxygens (including phenoxy) is 1. The fourth-order valence-corrected chi connectivity index (χ4v) is 3.47. The lowest BCUT2D eigenvalue weighted by Gasteiger charge is -2.23. The normalized spacial score (nSPS) is 60.3. The van der Waals surface area contributed by atoms with Gasteiger partial charge in [0.2, 0.25) is 0 Å². The molecular weight excluding hydrogens is 140 g/mol. The first-order chi connectivity index (χ1) is 5.36. The molecule has 3 aliphatic rings. The third-order valence-electron chi connectivity index (χ3n) is 3.95. The van der Waals surface area contributed by atoms with Gasteiger partial charge in [-0.15, -0.1) is 0 Å². The molecule has 0 aromatic heterocycles. The van der Waals surface area contributed by atoms with Crippen LogP contribution in [0.1, 0.15) is 19.3 Å². The summed E-state index contributed by atoms with van der Waals surface area (Å²) < 4.78 is 5.26. The van der Waals surface area contributed by atoms with Gasteiger partial charge in [-0.05, 0) is 37.0 Å². The van der Waals surface area contributed by atoms with Crippen molar-refractivity contribution in [2.24, 2.45) is 23.7 Å². The van der Waals surface area contributed by atoms with Gasteiger partial charge >= 0.3 is 0 Å². The van der Waals surface area contributed by atoms with Gasteiger partial charge in [0.15, 0.2) is 6.29 Å². The Kier molecular flexibility index (Phi) is 1.16. The summed E-state index contributed by atoms with van der Waals surface area (Å²) in [5, 5.41) is 9.50. The summed E-state index contributed by atoms with van der Waals surface area (Å²) in [4.78, 5) is 0. The van der Waals surface area contributed by atoms with Crippen LogP contribution in [0, 0.1) is 23.7 Å². The van der Waals surface area contributed by atoms with Gasteiger partial charge in [-0.3, -0.25) is 0 Å². The van der Waals surface area contributed by atoms with Crippen molar-refractivity contribution in [3.8, 4) is 0 Å². The maximum absolute atomic E-state index is 9.50. The molecule has 0 spiro atoms. The van der Waals surface area contributed by atoms with Crippen molar-refractivity contribution in [3.05, 3.63) is 0 Å². The van der Waals surface area contributed by atoms with Gasteiger partial charge in [0.25, 0.3) is 0 Å². The highest BCUT2D eigenvalue weighted by Crippen LogP contribution is 2.56. The molecule has 3 rings (SSSR count). The third kappa shape index (κ3) is 0.695. The largest absolute Gasteiger partial charge is 0.368 e. The Morgan fingerprint density at radius 2 is 2.00 bits per heavy atom. The van der Waals surface area contributed by atoms with Gasteiger partial charge < -0.3 is 9.84 Å². The third-order valence-corrected chi connectivity index (χ3v) is 3.95. The minimum Gasteiger partial charge on any atom is -0.368 e. The molecule has 1 unspecified atom stereocenters. The molecule has 11 heavy (non-hydrogen) atoms. The molecule has 0 radical (unpaired) electrons. The minimum absolute atomic E-state index is 0.421. The van der Waals surface area contributed by atoms with Crippen molar-refractivity contribution >= 4 is 0 Å². The summed E-state index contributed by atoms with van der Waals surface area (Å²) >= 11 is 0. The lowest BCUT2D eigenvalue weighted by Crippen LogP contribution is -2.25. The molecule has 2 heteroatoms. The molecule has 0 aromatic rings. The molecular formula is C9H14O2. The lowest BCUT2D eigenvalue weighted by atomic mass is 9.81. The first-order valence-electron chi connectivity index (χ1n) is 4.66. The van der Waals surface area contributed by atoms with Crippen LogP contribution < -0.4 is 0 Å². The van der Waals surface area contributed by atoms with Crippen LogP contribution in [0.15, 0.2) is 0 Å². The highest BCUT2D eigenvalue weighted by Gasteiger charge is 2.53. The van der Waals surface area contributed by atoms with Crippen molar-refractivity contribution in [3.63, 3.8) is 0 Å². The second-order valence-electron chi connectivity index (χ2n) is 4.30. The number of aliphatic hydroxyl groups is 1. The summed E-state index contributed by atoms with van der Waals surface area (Å²) in [6.45, 7) is 0.826. The van der Waals surface area contributed by atoms with Crippen LogP contribution in [0.2, 0.25) is 0 Å². The van der Waals surface area contributed by atoms with Crippen molar-refractivity contribution < 1.29 is 9.84 Å². The summed E-state index contributed by atoms with van der Waals surface area (Å²) in [5.74, 6) is 2.90. The Labute approximate surface area is 66.5 Å². The second-order valence-corrected chi connectivity index (χ2v) is 4.30. The zero-order valence-electron chi connectivity index (χ0n) is 6.57. The molecule has 3 fully saturated rings. The quantitative estimate of drug-likeness (QED) is 0.564. The highest BCUT2D eigenvalue weighted by atomic mass is 16.6. The van der Waals surface area contributed by atoms with Gasteiger partial charge in [-0.25, -0.2) is 0 Å². The first-order valence-corrected chi connectivity index (χ1v) is 4.66. The number of hydrogen-bond acceptors (Lipinski definition) is 2. The predicted molar refractivity (Wildman–Crippen MR) is 39.8 cm³/mol. The molecule has 1 N–H and O–H groups in total. The highest BCUT2D eigenvalue weighted by molar-refractivity contribution is 4.99. The molecule has 2 bridgehead atoms. The Bertz CT molecular complexity index is 180. The fourth-order valence-electron chi connectivity index (χ4n) is 3.47. The topological polar surface area (TPSA) is 29.5 Å². The van der Waals surface area contributed by atoms with Crippen LogP contribution in [-0.4, -0.2) is 18.0 Å². The van der Waals surface area contributed by atoms with Crippen molar-refractivity contribution in [1.29, 1.82) is 0 Å². The van der Waals surface area contributed by atoms with E-state index in [-0.39, 0.29) is 0 Å². The number of aliphatic hydroxyl groups excluding tert-OH is 1. The second kappa shape index (κ2) is 1.99. The Morgan fingerprint density at radius 3 is 2.82 bits per heavy atom. The van der Waals surface area contributed by atoms with E-state index in [0.29, 0.717) is 11.8 Å². The van der Waals surface area contributed by atoms with Crippen LogP contribution in [0.5, 0.6) is 0 Å².